The van der Waals surface area contributed by atoms with E-state index >= 15 is 0 Å². The molecule has 0 bridgehead atoms. The maximum Gasteiger partial charge on any atom is 0.335 e. The Labute approximate surface area is 195 Å². The summed E-state index contributed by atoms with van der Waals surface area (Å²) >= 11 is -2.24. The van der Waals surface area contributed by atoms with Crippen molar-refractivity contribution in [3.8, 4) is 11.1 Å². The molecular formula is C27H23NO4S. The van der Waals surface area contributed by atoms with Gasteiger partial charge in [0.15, 0.2) is 0 Å². The van der Waals surface area contributed by atoms with Crippen LogP contribution in [0.5, 0.6) is 0 Å². The van der Waals surface area contributed by atoms with Gasteiger partial charge in [-0.2, -0.15) is 0 Å². The second-order valence-corrected chi connectivity index (χ2v) is 8.44. The third-order valence-electron chi connectivity index (χ3n) is 5.39. The zero-order valence-electron chi connectivity index (χ0n) is 17.8. The van der Waals surface area contributed by atoms with Gasteiger partial charge in [-0.05, 0) is 71.5 Å². The van der Waals surface area contributed by atoms with Crippen LogP contribution in [-0.2, 0) is 24.1 Å². The van der Waals surface area contributed by atoms with Crippen LogP contribution in [0.2, 0.25) is 0 Å². The Kier molecular flexibility index (Phi) is 6.98. The molecule has 2 N–H and O–H groups in total. The number of aromatic carboxylic acids is 1. The Balaban J connectivity index is 1.54. The van der Waals surface area contributed by atoms with Crippen molar-refractivity contribution in [1.29, 1.82) is 0 Å². The molecule has 0 aliphatic rings. The minimum Gasteiger partial charge on any atom is -0.478 e. The fraction of sp³-hybridized carbons (Fsp3) is 0.0741. The molecule has 1 atom stereocenters. The molecule has 0 radical (unpaired) electrons. The number of benzene rings is 4. The monoisotopic (exact) mass is 457 g/mol. The van der Waals surface area contributed by atoms with E-state index in [1.807, 2.05) is 78.9 Å². The SMILES string of the molecule is O=C(O)c1cccc(CCc2cccc(N(c3ccc(-c4ccccc4)cc3)S(=O)O)c2)c1. The number of aryl methyl sites for hydroxylation is 2. The van der Waals surface area contributed by atoms with Crippen LogP contribution in [0.3, 0.4) is 0 Å². The summed E-state index contributed by atoms with van der Waals surface area (Å²) in [7, 11) is 0. The lowest BCUT2D eigenvalue weighted by Gasteiger charge is -2.21. The Morgan fingerprint density at radius 3 is 1.94 bits per heavy atom. The van der Waals surface area contributed by atoms with Crippen molar-refractivity contribution in [1.82, 2.24) is 0 Å². The Morgan fingerprint density at radius 1 is 0.697 bits per heavy atom. The van der Waals surface area contributed by atoms with E-state index in [9.17, 15) is 18.7 Å². The number of carboxylic acid groups (broad SMARTS) is 1. The van der Waals surface area contributed by atoms with Crippen LogP contribution in [-0.4, -0.2) is 19.8 Å². The fourth-order valence-corrected chi connectivity index (χ4v) is 4.33. The van der Waals surface area contributed by atoms with E-state index in [2.05, 4.69) is 0 Å². The van der Waals surface area contributed by atoms with Crippen LogP contribution < -0.4 is 4.31 Å². The van der Waals surface area contributed by atoms with E-state index in [-0.39, 0.29) is 5.56 Å². The van der Waals surface area contributed by atoms with E-state index in [1.165, 1.54) is 4.31 Å². The molecule has 33 heavy (non-hydrogen) atoms. The summed E-state index contributed by atoms with van der Waals surface area (Å²) in [5.74, 6) is -0.946. The van der Waals surface area contributed by atoms with Crippen molar-refractivity contribution in [2.45, 2.75) is 12.8 Å². The molecule has 0 aromatic heterocycles. The Morgan fingerprint density at radius 2 is 1.30 bits per heavy atom. The molecule has 0 heterocycles. The largest absolute Gasteiger partial charge is 0.478 e. The molecule has 0 saturated carbocycles. The second kappa shape index (κ2) is 10.3. The minimum absolute atomic E-state index is 0.266. The van der Waals surface area contributed by atoms with Gasteiger partial charge in [0, 0.05) is 0 Å². The third-order valence-corrected chi connectivity index (χ3v) is 6.12. The number of carbonyl (C=O) groups is 1. The highest BCUT2D eigenvalue weighted by molar-refractivity contribution is 7.81. The number of nitrogens with zero attached hydrogens (tertiary/aromatic N) is 1. The summed E-state index contributed by atoms with van der Waals surface area (Å²) in [4.78, 5) is 11.2. The lowest BCUT2D eigenvalue weighted by Crippen LogP contribution is -2.19. The van der Waals surface area contributed by atoms with E-state index in [1.54, 1.807) is 24.3 Å². The summed E-state index contributed by atoms with van der Waals surface area (Å²) in [6.45, 7) is 0. The van der Waals surface area contributed by atoms with E-state index in [4.69, 9.17) is 0 Å². The predicted molar refractivity (Wildman–Crippen MR) is 132 cm³/mol. The molecule has 166 valence electrons. The molecular weight excluding hydrogens is 434 g/mol. The summed E-state index contributed by atoms with van der Waals surface area (Å²) in [6.07, 6.45) is 1.34. The average Bonchev–Trinajstić information content (AvgIpc) is 2.84. The zero-order chi connectivity index (χ0) is 23.2. The van der Waals surface area contributed by atoms with Crippen molar-refractivity contribution in [3.63, 3.8) is 0 Å². The van der Waals surface area contributed by atoms with Crippen LogP contribution in [0.15, 0.2) is 103 Å². The van der Waals surface area contributed by atoms with Gasteiger partial charge in [0.05, 0.1) is 16.9 Å². The highest BCUT2D eigenvalue weighted by Crippen LogP contribution is 2.30. The lowest BCUT2D eigenvalue weighted by molar-refractivity contribution is 0.0696. The first-order chi connectivity index (χ1) is 16.0. The molecule has 0 aliphatic heterocycles. The number of hydrogen-bond acceptors (Lipinski definition) is 2. The van der Waals surface area contributed by atoms with Crippen LogP contribution in [0, 0.1) is 0 Å². The van der Waals surface area contributed by atoms with Crippen molar-refractivity contribution in [2.24, 2.45) is 0 Å². The van der Waals surface area contributed by atoms with Crippen molar-refractivity contribution < 1.29 is 18.7 Å². The zero-order valence-corrected chi connectivity index (χ0v) is 18.6. The first-order valence-electron chi connectivity index (χ1n) is 10.5. The summed E-state index contributed by atoms with van der Waals surface area (Å²) in [5.41, 5.74) is 5.52. The first kappa shape index (κ1) is 22.5. The summed E-state index contributed by atoms with van der Waals surface area (Å²) < 4.78 is 23.6. The normalized spacial score (nSPS) is 11.7. The number of hydrogen-bond donors (Lipinski definition) is 2. The highest BCUT2D eigenvalue weighted by Gasteiger charge is 2.16. The van der Waals surface area contributed by atoms with Crippen LogP contribution in [0.25, 0.3) is 11.1 Å². The van der Waals surface area contributed by atoms with Gasteiger partial charge in [-0.25, -0.2) is 13.3 Å². The number of carboxylic acids is 1. The maximum absolute atomic E-state index is 12.2. The van der Waals surface area contributed by atoms with Gasteiger partial charge in [0.25, 0.3) is 11.3 Å². The standard InChI is InChI=1S/C27H23NO4S/c29-27(30)24-10-4-6-20(18-24)12-13-21-7-5-11-26(19-21)28(33(31)32)25-16-14-23(15-17-25)22-8-2-1-3-9-22/h1-11,14-19H,12-13H2,(H,29,30)(H,31,32). The van der Waals surface area contributed by atoms with Crippen molar-refractivity contribution in [3.05, 3.63) is 120 Å². The molecule has 0 amide bonds. The predicted octanol–water partition coefficient (Wildman–Crippen LogP) is 6.11. The molecule has 4 aromatic carbocycles. The molecule has 0 aliphatic carbocycles. The second-order valence-electron chi connectivity index (χ2n) is 7.61. The molecule has 0 saturated heterocycles. The molecule has 5 nitrogen and oxygen atoms in total. The lowest BCUT2D eigenvalue weighted by atomic mass is 10.0. The first-order valence-corrected chi connectivity index (χ1v) is 11.6. The van der Waals surface area contributed by atoms with E-state index in [0.717, 1.165) is 22.3 Å². The van der Waals surface area contributed by atoms with Gasteiger partial charge in [0.2, 0.25) is 0 Å². The Hall–Kier alpha value is -3.74. The Bertz CT molecular complexity index is 1270. The van der Waals surface area contributed by atoms with Gasteiger partial charge in [-0.15, -0.1) is 0 Å². The summed E-state index contributed by atoms with van der Waals surface area (Å²) in [5, 5.41) is 9.18. The van der Waals surface area contributed by atoms with E-state index in [0.29, 0.717) is 24.2 Å². The molecule has 1 unspecified atom stereocenters. The highest BCUT2D eigenvalue weighted by atomic mass is 32.2. The number of rotatable bonds is 8. The molecule has 0 fully saturated rings. The van der Waals surface area contributed by atoms with Crippen LogP contribution in [0.1, 0.15) is 21.5 Å². The van der Waals surface area contributed by atoms with Gasteiger partial charge >= 0.3 is 5.97 Å². The molecule has 4 rings (SSSR count). The molecule has 6 heteroatoms. The van der Waals surface area contributed by atoms with Crippen LogP contribution in [0.4, 0.5) is 11.4 Å². The van der Waals surface area contributed by atoms with Gasteiger partial charge in [0.1, 0.15) is 0 Å². The van der Waals surface area contributed by atoms with Crippen LogP contribution >= 0.6 is 0 Å². The quantitative estimate of drug-likeness (QED) is 0.313. The van der Waals surface area contributed by atoms with Gasteiger partial charge in [-0.1, -0.05) is 66.7 Å². The smallest absolute Gasteiger partial charge is 0.335 e. The summed E-state index contributed by atoms with van der Waals surface area (Å²) in [6, 6.07) is 31.9. The van der Waals surface area contributed by atoms with Crippen molar-refractivity contribution in [2.75, 3.05) is 4.31 Å². The van der Waals surface area contributed by atoms with E-state index < -0.39 is 17.2 Å². The minimum atomic E-state index is -2.24. The third kappa shape index (κ3) is 5.55. The molecule has 4 aromatic rings. The fourth-order valence-electron chi connectivity index (χ4n) is 3.74. The molecule has 0 spiro atoms. The average molecular weight is 458 g/mol. The topological polar surface area (TPSA) is 77.8 Å². The maximum atomic E-state index is 12.2. The van der Waals surface area contributed by atoms with Gasteiger partial charge < -0.3 is 5.11 Å². The van der Waals surface area contributed by atoms with Gasteiger partial charge in [-0.3, -0.25) is 4.55 Å². The van der Waals surface area contributed by atoms with Crippen molar-refractivity contribution >= 4 is 28.6 Å². The number of anilines is 2.